The predicted molar refractivity (Wildman–Crippen MR) is 65.4 cm³/mol. The van der Waals surface area contributed by atoms with Gasteiger partial charge in [-0.1, -0.05) is 0 Å². The molecule has 0 aliphatic heterocycles. The van der Waals surface area contributed by atoms with E-state index in [4.69, 9.17) is 21.0 Å². The maximum atomic E-state index is 12.4. The lowest BCUT2D eigenvalue weighted by Crippen LogP contribution is -2.11. The fourth-order valence-corrected chi connectivity index (χ4v) is 1.41. The number of pyridine rings is 1. The largest absolute Gasteiger partial charge is 0.481 e. The van der Waals surface area contributed by atoms with E-state index >= 15 is 0 Å². The predicted octanol–water partition coefficient (Wildman–Crippen LogP) is 1.96. The zero-order valence-electron chi connectivity index (χ0n) is 10.2. The summed E-state index contributed by atoms with van der Waals surface area (Å²) in [5.41, 5.74) is 4.66. The number of fused-ring (bicyclic) bond motifs is 1. The maximum absolute atomic E-state index is 12.4. The van der Waals surface area contributed by atoms with Crippen molar-refractivity contribution in [3.05, 3.63) is 29.6 Å². The Hall–Kier alpha value is -2.58. The summed E-state index contributed by atoms with van der Waals surface area (Å²) in [5.74, 6) is -1.12. The van der Waals surface area contributed by atoms with E-state index in [0.29, 0.717) is 0 Å². The first-order valence-electron chi connectivity index (χ1n) is 5.21. The number of carbonyl (C=O) groups is 1. The van der Waals surface area contributed by atoms with Crippen LogP contribution in [0.5, 0.6) is 0 Å². The van der Waals surface area contributed by atoms with E-state index in [0.717, 1.165) is 13.0 Å². The number of nitrogens with one attached hydrogen (secondary N) is 2. The Morgan fingerprint density at radius 2 is 2.05 bits per heavy atom. The molecule has 5 N–H and O–H groups in total. The molecule has 2 aromatic heterocycles. The monoisotopic (exact) mass is 288 g/mol. The Bertz CT molecular complexity index is 645. The molecule has 0 unspecified atom stereocenters. The highest BCUT2D eigenvalue weighted by atomic mass is 19.4. The van der Waals surface area contributed by atoms with Crippen LogP contribution in [0.4, 0.5) is 13.2 Å². The fraction of sp³-hybridized carbons (Fsp3) is 0.182. The molecule has 0 saturated heterocycles. The third-order valence-corrected chi connectivity index (χ3v) is 2.13. The molecule has 0 fully saturated rings. The van der Waals surface area contributed by atoms with Gasteiger partial charge in [-0.25, -0.2) is 4.98 Å². The van der Waals surface area contributed by atoms with Crippen LogP contribution in [0.3, 0.4) is 0 Å². The van der Waals surface area contributed by atoms with Crippen LogP contribution in [-0.2, 0) is 11.0 Å². The van der Waals surface area contributed by atoms with Crippen LogP contribution in [0, 0.1) is 5.41 Å². The number of aromatic nitrogens is 2. The fourth-order valence-electron chi connectivity index (χ4n) is 1.41. The van der Waals surface area contributed by atoms with E-state index in [1.54, 1.807) is 0 Å². The van der Waals surface area contributed by atoms with Gasteiger partial charge in [-0.05, 0) is 12.1 Å². The minimum absolute atomic E-state index is 0.0695. The number of amidine groups is 1. The number of aliphatic carboxylic acids is 1. The van der Waals surface area contributed by atoms with Crippen molar-refractivity contribution in [1.29, 1.82) is 5.41 Å². The van der Waals surface area contributed by atoms with Crippen LogP contribution in [0.1, 0.15) is 18.2 Å². The average Bonchev–Trinajstić information content (AvgIpc) is 2.70. The standard InChI is InChI=1S/C9H7F3N4.C2H4O2/c10-9(11,12)6-3-5-4(7(13)14)1-2-15-8(5)16-6;1-2(3)4/h1-3H,(H3,13,14)(H,15,16);1H3,(H,3,4). The van der Waals surface area contributed by atoms with Crippen molar-refractivity contribution in [2.45, 2.75) is 13.1 Å². The van der Waals surface area contributed by atoms with E-state index < -0.39 is 17.8 Å². The number of aromatic amines is 1. The molecule has 6 nitrogen and oxygen atoms in total. The summed E-state index contributed by atoms with van der Waals surface area (Å²) < 4.78 is 37.2. The second-order valence-electron chi connectivity index (χ2n) is 3.73. The topological polar surface area (TPSA) is 116 Å². The summed E-state index contributed by atoms with van der Waals surface area (Å²) in [6, 6.07) is 2.30. The Labute approximate surface area is 110 Å². The molecule has 9 heteroatoms. The number of nitrogens with zero attached hydrogens (tertiary/aromatic N) is 1. The zero-order valence-corrected chi connectivity index (χ0v) is 10.2. The first kappa shape index (κ1) is 15.5. The first-order chi connectivity index (χ1) is 9.12. The van der Waals surface area contributed by atoms with Gasteiger partial charge < -0.3 is 15.8 Å². The van der Waals surface area contributed by atoms with Gasteiger partial charge in [0.1, 0.15) is 17.2 Å². The molecule has 0 spiro atoms. The molecule has 0 aliphatic carbocycles. The van der Waals surface area contributed by atoms with Crippen LogP contribution in [0.15, 0.2) is 18.3 Å². The highest BCUT2D eigenvalue weighted by Crippen LogP contribution is 2.31. The molecule has 20 heavy (non-hydrogen) atoms. The van der Waals surface area contributed by atoms with Gasteiger partial charge in [0.05, 0.1) is 0 Å². The molecule has 0 aliphatic rings. The molecule has 2 heterocycles. The van der Waals surface area contributed by atoms with E-state index in [-0.39, 0.29) is 22.4 Å². The number of H-pyrrole nitrogens is 1. The lowest BCUT2D eigenvalue weighted by molar-refractivity contribution is -0.140. The summed E-state index contributed by atoms with van der Waals surface area (Å²) in [5, 5.41) is 14.9. The van der Waals surface area contributed by atoms with E-state index in [1.807, 2.05) is 0 Å². The van der Waals surface area contributed by atoms with Crippen LogP contribution in [0.2, 0.25) is 0 Å². The lowest BCUT2D eigenvalue weighted by Gasteiger charge is -2.00. The van der Waals surface area contributed by atoms with Gasteiger partial charge >= 0.3 is 6.18 Å². The van der Waals surface area contributed by atoms with Crippen molar-refractivity contribution in [2.24, 2.45) is 5.73 Å². The Balaban J connectivity index is 0.000000444. The number of hydrogen-bond acceptors (Lipinski definition) is 3. The van der Waals surface area contributed by atoms with Crippen LogP contribution in [-0.4, -0.2) is 26.9 Å². The van der Waals surface area contributed by atoms with Gasteiger partial charge in [0.25, 0.3) is 5.97 Å². The highest BCUT2D eigenvalue weighted by Gasteiger charge is 2.33. The molecule has 0 amide bonds. The quantitative estimate of drug-likeness (QED) is 0.474. The normalized spacial score (nSPS) is 10.8. The summed E-state index contributed by atoms with van der Waals surface area (Å²) in [6.07, 6.45) is -3.16. The zero-order chi connectivity index (χ0) is 15.5. The smallest absolute Gasteiger partial charge is 0.431 e. The Morgan fingerprint density at radius 1 is 1.50 bits per heavy atom. The van der Waals surface area contributed by atoms with Crippen molar-refractivity contribution in [1.82, 2.24) is 9.97 Å². The van der Waals surface area contributed by atoms with Gasteiger partial charge in [0.2, 0.25) is 0 Å². The van der Waals surface area contributed by atoms with Gasteiger partial charge in [-0.15, -0.1) is 0 Å². The first-order valence-corrected chi connectivity index (χ1v) is 5.21. The molecular weight excluding hydrogens is 277 g/mol. The number of alkyl halides is 3. The van der Waals surface area contributed by atoms with Crippen molar-refractivity contribution >= 4 is 22.8 Å². The lowest BCUT2D eigenvalue weighted by atomic mass is 10.1. The molecule has 0 saturated carbocycles. The molecule has 2 aromatic rings. The molecule has 0 atom stereocenters. The second kappa shape index (κ2) is 5.59. The molecule has 2 rings (SSSR count). The van der Waals surface area contributed by atoms with Crippen molar-refractivity contribution in [3.8, 4) is 0 Å². The van der Waals surface area contributed by atoms with Crippen LogP contribution in [0.25, 0.3) is 11.0 Å². The number of carboxylic acid groups (broad SMARTS) is 1. The number of nitrogens with two attached hydrogens (primary N) is 1. The average molecular weight is 288 g/mol. The summed E-state index contributed by atoms with van der Waals surface area (Å²) in [6.45, 7) is 1.08. The van der Waals surface area contributed by atoms with E-state index in [2.05, 4.69) is 9.97 Å². The second-order valence-corrected chi connectivity index (χ2v) is 3.73. The van der Waals surface area contributed by atoms with Crippen molar-refractivity contribution < 1.29 is 23.1 Å². The van der Waals surface area contributed by atoms with Crippen LogP contribution >= 0.6 is 0 Å². The number of carboxylic acids is 1. The molecular formula is C11H11F3N4O2. The van der Waals surface area contributed by atoms with E-state index in [9.17, 15) is 13.2 Å². The number of nitrogen functional groups attached to an aromatic ring is 1. The summed E-state index contributed by atoms with van der Waals surface area (Å²) in [4.78, 5) is 14.9. The van der Waals surface area contributed by atoms with Crippen LogP contribution < -0.4 is 5.73 Å². The maximum Gasteiger partial charge on any atom is 0.431 e. The van der Waals surface area contributed by atoms with Crippen molar-refractivity contribution in [2.75, 3.05) is 0 Å². The SMILES string of the molecule is CC(=O)O.N=C(N)c1ccnc2[nH]c(C(F)(F)F)cc12. The third-order valence-electron chi connectivity index (χ3n) is 2.13. The minimum atomic E-state index is -4.46. The number of rotatable bonds is 1. The van der Waals surface area contributed by atoms with Gasteiger partial charge in [-0.2, -0.15) is 13.2 Å². The molecule has 0 bridgehead atoms. The summed E-state index contributed by atoms with van der Waals surface area (Å²) >= 11 is 0. The minimum Gasteiger partial charge on any atom is -0.481 e. The molecule has 0 radical (unpaired) electrons. The molecule has 0 aromatic carbocycles. The Kier molecular flexibility index (Phi) is 4.33. The van der Waals surface area contributed by atoms with Gasteiger partial charge in [-0.3, -0.25) is 10.2 Å². The van der Waals surface area contributed by atoms with Crippen molar-refractivity contribution in [3.63, 3.8) is 0 Å². The van der Waals surface area contributed by atoms with E-state index in [1.165, 1.54) is 12.3 Å². The third kappa shape index (κ3) is 3.70. The number of hydrogen-bond donors (Lipinski definition) is 4. The molecule has 108 valence electrons. The summed E-state index contributed by atoms with van der Waals surface area (Å²) in [7, 11) is 0. The number of halogens is 3. The highest BCUT2D eigenvalue weighted by molar-refractivity contribution is 6.06. The van der Waals surface area contributed by atoms with Gasteiger partial charge in [0, 0.05) is 24.1 Å². The van der Waals surface area contributed by atoms with Gasteiger partial charge in [0.15, 0.2) is 0 Å². The Morgan fingerprint density at radius 3 is 2.50 bits per heavy atom.